The number of ketones is 2. The van der Waals surface area contributed by atoms with E-state index < -0.39 is 22.0 Å². The number of Topliss-reactive ketones (excluding diaryl/α,β-unsaturated/α-hetero) is 2. The minimum absolute atomic E-state index is 0.00890. The van der Waals surface area contributed by atoms with Gasteiger partial charge in [0.05, 0.1) is 0 Å². The average molecular weight is 927 g/mol. The van der Waals surface area contributed by atoms with Crippen LogP contribution >= 0.6 is 0 Å². The lowest BCUT2D eigenvalue weighted by Crippen LogP contribution is -2.45. The van der Waals surface area contributed by atoms with Crippen LogP contribution in [-0.2, 0) is 50.5 Å². The van der Waals surface area contributed by atoms with Gasteiger partial charge in [-0.3, -0.25) is 9.59 Å². The van der Waals surface area contributed by atoms with Gasteiger partial charge in [0, 0.05) is 52.7 Å². The topological polar surface area (TPSA) is 93.1 Å². The van der Waals surface area contributed by atoms with E-state index in [1.165, 1.54) is 0 Å². The van der Waals surface area contributed by atoms with E-state index in [1.54, 1.807) is 0 Å². The number of benzene rings is 4. The third-order valence-electron chi connectivity index (χ3n) is 15.3. The van der Waals surface area contributed by atoms with E-state index in [2.05, 4.69) is 155 Å². The fourth-order valence-electron chi connectivity index (χ4n) is 10.6. The highest BCUT2D eigenvalue weighted by atomic mass is 16.5. The maximum Gasteiger partial charge on any atom is 0.211 e. The number of phenols is 2. The van der Waals surface area contributed by atoms with Gasteiger partial charge in [-0.15, -0.1) is 0 Å². The second-order valence-corrected chi connectivity index (χ2v) is 27.1. The van der Waals surface area contributed by atoms with E-state index in [9.17, 15) is 10.2 Å². The molecular weight excluding hydrogens is 853 g/mol. The van der Waals surface area contributed by atoms with Gasteiger partial charge in [0.2, 0.25) is 11.6 Å². The van der Waals surface area contributed by atoms with Crippen molar-refractivity contribution in [3.63, 3.8) is 0 Å². The van der Waals surface area contributed by atoms with Crippen molar-refractivity contribution in [2.24, 2.45) is 10.8 Å². The Hall–Kier alpha value is -5.62. The van der Waals surface area contributed by atoms with Crippen LogP contribution in [0.2, 0.25) is 0 Å². The minimum Gasteiger partial charge on any atom is -0.507 e. The Labute approximate surface area is 411 Å². The molecule has 5 aliphatic rings. The van der Waals surface area contributed by atoms with Gasteiger partial charge in [-0.25, -0.2) is 0 Å². The molecule has 2 N–H and O–H groups in total. The van der Waals surface area contributed by atoms with E-state index in [0.29, 0.717) is 56.0 Å². The molecule has 2 atom stereocenters. The van der Waals surface area contributed by atoms with Gasteiger partial charge < -0.3 is 19.7 Å². The van der Waals surface area contributed by atoms with Gasteiger partial charge in [-0.05, 0) is 137 Å². The molecule has 362 valence electrons. The Bertz CT molecular complexity index is 3070. The third kappa shape index (κ3) is 8.02. The number of fused-ring (bicyclic) bond motifs is 9. The Kier molecular flexibility index (Phi) is 10.5. The van der Waals surface area contributed by atoms with Crippen LogP contribution in [-0.4, -0.2) is 33.0 Å². The Morgan fingerprint density at radius 3 is 1.12 bits per heavy atom. The lowest BCUT2D eigenvalue weighted by Gasteiger charge is -2.35. The summed E-state index contributed by atoms with van der Waals surface area (Å²) in [4.78, 5) is 31.9. The normalized spacial score (nSPS) is 21.3. The molecule has 0 saturated heterocycles. The number of carbonyl (C=O) groups excluding carboxylic acids is 2. The van der Waals surface area contributed by atoms with E-state index in [0.717, 1.165) is 44.5 Å². The number of aromatic hydroxyl groups is 2. The maximum absolute atomic E-state index is 16.1. The molecule has 9 rings (SSSR count). The van der Waals surface area contributed by atoms with E-state index in [4.69, 9.17) is 9.47 Å². The van der Waals surface area contributed by atoms with Crippen molar-refractivity contribution >= 4 is 22.7 Å². The molecule has 0 saturated carbocycles. The molecule has 0 radical (unpaired) electrons. The van der Waals surface area contributed by atoms with Crippen LogP contribution < -0.4 is 9.47 Å². The SMILES string of the molecule is CC(C)(C)C1=CC23Cc4cc(C(C)(C)C)cc(c4O2)C2=CC(C(C)(C)C)=CC4(Cc5cc(C(C)(C)C)cc(c5O4)-c4cc(C(C)(C)C)cc(c4O)Cc4cc(C(C)(C)C)cc(c4O)C(=C1)C3=O)C2=O. The number of hydrogen-bond acceptors (Lipinski definition) is 6. The monoisotopic (exact) mass is 927 g/mol. The van der Waals surface area contributed by atoms with Gasteiger partial charge in [0.15, 0.2) is 11.2 Å². The predicted octanol–water partition coefficient (Wildman–Crippen LogP) is 14.5. The molecule has 4 aromatic rings. The molecule has 4 aromatic carbocycles. The van der Waals surface area contributed by atoms with Crippen molar-refractivity contribution in [3.05, 3.63) is 140 Å². The second kappa shape index (κ2) is 15.0. The zero-order valence-corrected chi connectivity index (χ0v) is 44.6. The summed E-state index contributed by atoms with van der Waals surface area (Å²) in [6.07, 6.45) is 8.70. The van der Waals surface area contributed by atoms with Crippen LogP contribution in [0.4, 0.5) is 0 Å². The molecule has 2 spiro atoms. The van der Waals surface area contributed by atoms with Crippen molar-refractivity contribution in [2.75, 3.05) is 0 Å². The summed E-state index contributed by atoms with van der Waals surface area (Å²) >= 11 is 0. The van der Waals surface area contributed by atoms with Gasteiger partial charge in [0.1, 0.15) is 23.0 Å². The first-order valence-electron chi connectivity index (χ1n) is 25.0. The number of hydrogen-bond donors (Lipinski definition) is 2. The van der Waals surface area contributed by atoms with Crippen LogP contribution in [0.1, 0.15) is 180 Å². The van der Waals surface area contributed by atoms with Crippen LogP contribution in [0.15, 0.2) is 84.0 Å². The summed E-state index contributed by atoms with van der Waals surface area (Å²) in [5.41, 5.74) is 7.05. The van der Waals surface area contributed by atoms with Crippen molar-refractivity contribution < 1.29 is 29.3 Å². The molecule has 0 fully saturated rings. The molecule has 10 bridgehead atoms. The van der Waals surface area contributed by atoms with Crippen LogP contribution in [0, 0.1) is 10.8 Å². The summed E-state index contributed by atoms with van der Waals surface area (Å²) in [6.45, 7) is 38.8. The highest BCUT2D eigenvalue weighted by molar-refractivity contribution is 6.30. The Morgan fingerprint density at radius 2 is 0.725 bits per heavy atom. The summed E-state index contributed by atoms with van der Waals surface area (Å²) in [5.74, 6) is 0.710. The van der Waals surface area contributed by atoms with E-state index >= 15 is 9.59 Å². The van der Waals surface area contributed by atoms with E-state index in [-0.39, 0.29) is 64.0 Å². The van der Waals surface area contributed by atoms with Crippen molar-refractivity contribution in [3.8, 4) is 34.1 Å². The average Bonchev–Trinajstić information content (AvgIpc) is 3.77. The fraction of sp³-hybridized carbons (Fsp3) is 0.460. The number of carbonyl (C=O) groups is 2. The Morgan fingerprint density at radius 1 is 0.406 bits per heavy atom. The standard InChI is InChI=1S/C63H74O6/c1-56(2,3)38-20-34-19-35-21-39(57(4,5)6)25-45(51(35)65)48-28-42(60(13,14)15)32-62(54(48)66)31-37-23-41(59(10,11)12)27-47(53(37)69-62)49-29-43(61(16,17)18)33-63(55(49)67)30-36-22-40(58(7,8)9)26-46(52(36)68-63)44(24-38)50(34)64/h20-29,32-33,64-65H,19,30-31H2,1-18H3. The molecule has 0 aromatic heterocycles. The van der Waals surface area contributed by atoms with Crippen LogP contribution in [0.5, 0.6) is 23.0 Å². The Balaban J connectivity index is 1.44. The van der Waals surface area contributed by atoms with E-state index in [1.807, 2.05) is 42.5 Å². The van der Waals surface area contributed by atoms with Crippen LogP contribution in [0.25, 0.3) is 22.3 Å². The number of phenolic OH excluding ortho intramolecular Hbond substituents is 2. The molecule has 69 heavy (non-hydrogen) atoms. The smallest absolute Gasteiger partial charge is 0.211 e. The number of allylic oxidation sites excluding steroid dienone is 4. The predicted molar refractivity (Wildman–Crippen MR) is 281 cm³/mol. The molecule has 3 aliphatic heterocycles. The molecular formula is C63H74O6. The minimum atomic E-state index is -1.47. The first-order chi connectivity index (χ1) is 31.5. The molecule has 2 aliphatic carbocycles. The molecule has 2 unspecified atom stereocenters. The summed E-state index contributed by atoms with van der Waals surface area (Å²) < 4.78 is 14.7. The second-order valence-electron chi connectivity index (χ2n) is 27.1. The summed E-state index contributed by atoms with van der Waals surface area (Å²) in [6, 6.07) is 16.7. The highest BCUT2D eigenvalue weighted by Crippen LogP contribution is 2.56. The third-order valence-corrected chi connectivity index (χ3v) is 15.3. The first-order valence-corrected chi connectivity index (χ1v) is 25.0. The number of rotatable bonds is 0. The van der Waals surface area contributed by atoms with Crippen molar-refractivity contribution in [1.29, 1.82) is 0 Å². The van der Waals surface area contributed by atoms with Gasteiger partial charge >= 0.3 is 0 Å². The fourth-order valence-corrected chi connectivity index (χ4v) is 10.6. The van der Waals surface area contributed by atoms with Crippen molar-refractivity contribution in [2.45, 2.75) is 177 Å². The number of ether oxygens (including phenoxy) is 2. The van der Waals surface area contributed by atoms with Gasteiger partial charge in [-0.1, -0.05) is 149 Å². The van der Waals surface area contributed by atoms with Gasteiger partial charge in [0.25, 0.3) is 0 Å². The lowest BCUT2D eigenvalue weighted by molar-refractivity contribution is -0.124. The quantitative estimate of drug-likeness (QED) is 0.182. The largest absolute Gasteiger partial charge is 0.507 e. The molecule has 6 nitrogen and oxygen atoms in total. The molecule has 3 heterocycles. The van der Waals surface area contributed by atoms with Gasteiger partial charge in [-0.2, -0.15) is 0 Å². The zero-order chi connectivity index (χ0) is 50.7. The summed E-state index contributed by atoms with van der Waals surface area (Å²) in [7, 11) is 0. The zero-order valence-electron chi connectivity index (χ0n) is 44.6. The lowest BCUT2D eigenvalue weighted by atomic mass is 9.72. The molecule has 6 heteroatoms. The molecule has 0 amide bonds. The first kappa shape index (κ1) is 48.4. The maximum atomic E-state index is 16.1. The highest BCUT2D eigenvalue weighted by Gasteiger charge is 2.54. The summed E-state index contributed by atoms with van der Waals surface area (Å²) in [5, 5.41) is 25.7. The van der Waals surface area contributed by atoms with Crippen molar-refractivity contribution in [1.82, 2.24) is 0 Å². The van der Waals surface area contributed by atoms with Crippen LogP contribution in [0.3, 0.4) is 0 Å².